The highest BCUT2D eigenvalue weighted by Gasteiger charge is 2.18. The fourth-order valence-electron chi connectivity index (χ4n) is 0.454. The van der Waals surface area contributed by atoms with Crippen LogP contribution in [0.25, 0.3) is 0 Å². The summed E-state index contributed by atoms with van der Waals surface area (Å²) in [6.45, 7) is 5.57. The topological polar surface area (TPSA) is 113 Å². The van der Waals surface area contributed by atoms with Crippen molar-refractivity contribution in [2.75, 3.05) is 34.3 Å². The lowest BCUT2D eigenvalue weighted by Crippen LogP contribution is -2.36. The molecule has 0 aliphatic heterocycles. The number of aliphatic hydroxyl groups is 1. The minimum atomic E-state index is -4.74. The van der Waals surface area contributed by atoms with E-state index in [0.29, 0.717) is 0 Å². The Hall–Kier alpha value is -0.760. The fourth-order valence-corrected chi connectivity index (χ4v) is 0.618. The van der Waals surface area contributed by atoms with E-state index in [4.69, 9.17) is 14.9 Å². The quantitative estimate of drug-likeness (QED) is 0.211. The van der Waals surface area contributed by atoms with E-state index in [1.54, 1.807) is 0 Å². The predicted octanol–water partition coefficient (Wildman–Crippen LogP) is -0.185. The van der Waals surface area contributed by atoms with Crippen LogP contribution in [-0.2, 0) is 18.9 Å². The van der Waals surface area contributed by atoms with E-state index in [9.17, 15) is 9.36 Å². The summed E-state index contributed by atoms with van der Waals surface area (Å²) in [7, 11) is 1.41. The summed E-state index contributed by atoms with van der Waals surface area (Å²) < 4.78 is 14.2. The molecule has 0 saturated carbocycles. The average molecular weight is 286 g/mol. The molecule has 108 valence electrons. The first kappa shape index (κ1) is 19.6. The second-order valence-corrected chi connectivity index (χ2v) is 5.58. The van der Waals surface area contributed by atoms with Crippen molar-refractivity contribution < 1.29 is 38.3 Å². The average Bonchev–Trinajstić information content (AvgIpc) is 2.11. The third-order valence-electron chi connectivity index (χ3n) is 1.33. The van der Waals surface area contributed by atoms with Gasteiger partial charge in [-0.3, -0.25) is 4.89 Å². The normalized spacial score (nSPS) is 11.3. The Morgan fingerprint density at radius 1 is 1.33 bits per heavy atom. The van der Waals surface area contributed by atoms with Gasteiger partial charge in [-0.15, -0.1) is 0 Å². The smallest absolute Gasteiger partial charge is 0.391 e. The van der Waals surface area contributed by atoms with Crippen LogP contribution >= 0.6 is 7.82 Å². The Bertz CT molecular complexity index is 317. The molecule has 8 nitrogen and oxygen atoms in total. The molecule has 0 bridgehead atoms. The molecule has 0 atom stereocenters. The molecule has 0 aromatic heterocycles. The Morgan fingerprint density at radius 2 is 1.78 bits per heavy atom. The molecule has 0 aromatic rings. The zero-order valence-electron chi connectivity index (χ0n) is 11.0. The Kier molecular flexibility index (Phi) is 9.09. The van der Waals surface area contributed by atoms with Crippen molar-refractivity contribution in [3.63, 3.8) is 0 Å². The molecule has 0 radical (unpaired) electrons. The van der Waals surface area contributed by atoms with Crippen molar-refractivity contribution in [3.8, 4) is 0 Å². The van der Waals surface area contributed by atoms with E-state index in [-0.39, 0.29) is 12.2 Å². The number of nitrogens with zero attached hydrogens (tertiary/aromatic N) is 1. The number of hydrogen-bond acceptors (Lipinski definition) is 5. The van der Waals surface area contributed by atoms with E-state index in [2.05, 4.69) is 37.3 Å². The zero-order valence-corrected chi connectivity index (χ0v) is 11.9. The van der Waals surface area contributed by atoms with E-state index in [1.807, 2.05) is 0 Å². The predicted molar refractivity (Wildman–Crippen MR) is 64.0 cm³/mol. The summed E-state index contributed by atoms with van der Waals surface area (Å²) >= 11 is 0. The second-order valence-electron chi connectivity index (χ2n) is 4.45. The summed E-state index contributed by atoms with van der Waals surface area (Å²) in [5.74, 6) is -1.02. The van der Waals surface area contributed by atoms with Crippen LogP contribution in [0.5, 0.6) is 0 Å². The van der Waals surface area contributed by atoms with E-state index < -0.39 is 13.8 Å². The van der Waals surface area contributed by atoms with Gasteiger partial charge in [0.25, 0.3) is 0 Å². The number of carbonyl (C=O) groups excluding carboxylic acids is 1. The van der Waals surface area contributed by atoms with Crippen LogP contribution in [0, 0.1) is 0 Å². The SMILES string of the molecule is C=C(C)C(=O)OOP(=O)(O)O.C[N+](C)(C)CCO. The maximum atomic E-state index is 10.4. The molecular weight excluding hydrogens is 265 g/mol. The van der Waals surface area contributed by atoms with Gasteiger partial charge in [-0.25, -0.2) is 9.36 Å². The van der Waals surface area contributed by atoms with Crippen LogP contribution in [0.2, 0.25) is 0 Å². The van der Waals surface area contributed by atoms with Gasteiger partial charge in [-0.2, -0.15) is 0 Å². The summed E-state index contributed by atoms with van der Waals surface area (Å²) in [5.41, 5.74) is -0.0153. The molecular formula is C9H21NO7P+. The monoisotopic (exact) mass is 286 g/mol. The van der Waals surface area contributed by atoms with E-state index in [0.717, 1.165) is 11.0 Å². The van der Waals surface area contributed by atoms with E-state index >= 15 is 0 Å². The molecule has 9 heteroatoms. The fraction of sp³-hybridized carbons (Fsp3) is 0.667. The largest absolute Gasteiger partial charge is 0.505 e. The molecule has 0 aliphatic rings. The van der Waals surface area contributed by atoms with Gasteiger partial charge in [0.15, 0.2) is 0 Å². The van der Waals surface area contributed by atoms with Gasteiger partial charge in [0.2, 0.25) is 0 Å². The van der Waals surface area contributed by atoms with Crippen LogP contribution in [0.4, 0.5) is 0 Å². The molecule has 0 amide bonds. The van der Waals surface area contributed by atoms with Gasteiger partial charge in [0, 0.05) is 5.57 Å². The maximum Gasteiger partial charge on any atom is 0.505 e. The molecule has 0 rings (SSSR count). The van der Waals surface area contributed by atoms with E-state index in [1.165, 1.54) is 6.92 Å². The van der Waals surface area contributed by atoms with Crippen molar-refractivity contribution >= 4 is 13.8 Å². The summed E-state index contributed by atoms with van der Waals surface area (Å²) in [6.07, 6.45) is 0. The van der Waals surface area contributed by atoms with Gasteiger partial charge in [-0.1, -0.05) is 11.3 Å². The summed E-state index contributed by atoms with van der Waals surface area (Å²) in [5, 5.41) is 8.39. The van der Waals surface area contributed by atoms with Crippen LogP contribution < -0.4 is 0 Å². The van der Waals surface area contributed by atoms with Gasteiger partial charge in [0.1, 0.15) is 6.54 Å². The molecule has 0 aromatic carbocycles. The molecule has 0 aliphatic carbocycles. The van der Waals surface area contributed by atoms with Crippen molar-refractivity contribution in [2.24, 2.45) is 0 Å². The highest BCUT2D eigenvalue weighted by atomic mass is 31.2. The number of rotatable bonds is 5. The molecule has 0 heterocycles. The number of carbonyl (C=O) groups is 1. The summed E-state index contributed by atoms with van der Waals surface area (Å²) in [4.78, 5) is 30.1. The lowest BCUT2D eigenvalue weighted by molar-refractivity contribution is -0.870. The first-order valence-electron chi connectivity index (χ1n) is 4.92. The Labute approximate surface area is 106 Å². The molecule has 3 N–H and O–H groups in total. The molecule has 0 spiro atoms. The lowest BCUT2D eigenvalue weighted by Gasteiger charge is -2.21. The Morgan fingerprint density at radius 3 is 1.94 bits per heavy atom. The first-order valence-corrected chi connectivity index (χ1v) is 6.45. The molecule has 0 unspecified atom stereocenters. The highest BCUT2D eigenvalue weighted by molar-refractivity contribution is 7.46. The third kappa shape index (κ3) is 17.6. The number of phosphoric acid groups is 1. The Balaban J connectivity index is 0. The highest BCUT2D eigenvalue weighted by Crippen LogP contribution is 2.36. The number of aliphatic hydroxyl groups excluding tert-OH is 1. The van der Waals surface area contributed by atoms with Crippen molar-refractivity contribution in [2.45, 2.75) is 6.92 Å². The molecule has 0 fully saturated rings. The van der Waals surface area contributed by atoms with Gasteiger partial charge >= 0.3 is 13.8 Å². The number of quaternary nitrogens is 1. The van der Waals surface area contributed by atoms with Crippen molar-refractivity contribution in [1.82, 2.24) is 0 Å². The maximum absolute atomic E-state index is 10.4. The zero-order chi connectivity index (χ0) is 15.0. The van der Waals surface area contributed by atoms with Crippen molar-refractivity contribution in [3.05, 3.63) is 12.2 Å². The van der Waals surface area contributed by atoms with Gasteiger partial charge in [0.05, 0.1) is 27.7 Å². The number of likely N-dealkylation sites (N-methyl/N-ethyl adjacent to an activating group) is 1. The summed E-state index contributed by atoms with van der Waals surface area (Å²) in [6, 6.07) is 0. The lowest BCUT2D eigenvalue weighted by atomic mass is 10.4. The first-order chi connectivity index (χ1) is 7.89. The standard InChI is InChI=1S/C5H14NO.C4H7O6P/c1-6(2,3)4-5-7;1-3(2)4(5)9-10-11(6,7)8/h7H,4-5H2,1-3H3;1H2,2H3,(H2,6,7,8)/q+1;. The van der Waals surface area contributed by atoms with Crippen LogP contribution in [0.3, 0.4) is 0 Å². The number of hydrogen-bond donors (Lipinski definition) is 3. The minimum absolute atomic E-state index is 0.0153. The van der Waals surface area contributed by atoms with Gasteiger partial charge in [-0.05, 0) is 6.92 Å². The minimum Gasteiger partial charge on any atom is -0.391 e. The molecule has 18 heavy (non-hydrogen) atoms. The van der Waals surface area contributed by atoms with Crippen LogP contribution in [0.15, 0.2) is 12.2 Å². The molecule has 0 saturated heterocycles. The van der Waals surface area contributed by atoms with Crippen LogP contribution in [0.1, 0.15) is 6.92 Å². The third-order valence-corrected chi connectivity index (χ3v) is 1.60. The second kappa shape index (κ2) is 8.36. The van der Waals surface area contributed by atoms with Gasteiger partial charge < -0.3 is 19.4 Å². The van der Waals surface area contributed by atoms with Crippen molar-refractivity contribution in [1.29, 1.82) is 0 Å². The van der Waals surface area contributed by atoms with Crippen LogP contribution in [-0.4, -0.2) is 59.6 Å².